The van der Waals surface area contributed by atoms with Gasteiger partial charge >= 0.3 is 0 Å². The number of hydrogen-bond acceptors (Lipinski definition) is 2. The van der Waals surface area contributed by atoms with E-state index in [9.17, 15) is 9.59 Å². The van der Waals surface area contributed by atoms with Crippen LogP contribution in [0.2, 0.25) is 0 Å². The number of rotatable bonds is 5. The molecule has 114 valence electrons. The minimum absolute atomic E-state index is 0.0974. The van der Waals surface area contributed by atoms with Crippen LogP contribution < -0.4 is 5.32 Å². The third kappa shape index (κ3) is 2.70. The number of carbonyl (C=O) groups excluding carboxylic acids is 2. The van der Waals surface area contributed by atoms with Gasteiger partial charge in [0.15, 0.2) is 0 Å². The molecule has 1 heterocycles. The first-order chi connectivity index (χ1) is 9.65. The molecule has 4 nitrogen and oxygen atoms in total. The molecule has 1 aliphatic heterocycles. The maximum absolute atomic E-state index is 12.7. The van der Waals surface area contributed by atoms with Gasteiger partial charge in [0.2, 0.25) is 11.8 Å². The standard InChI is InChI=1S/C16H28N2O2/c1-3-5-9-12-18-14(19)13(4-2)17-15(20)16(18)10-7-6-8-11-16/h13H,3-12H2,1-2H3,(H,17,20). The summed E-state index contributed by atoms with van der Waals surface area (Å²) in [5.74, 6) is 0.241. The second kappa shape index (κ2) is 6.59. The molecule has 2 aliphatic rings. The van der Waals surface area contributed by atoms with Crippen molar-refractivity contribution in [3.63, 3.8) is 0 Å². The number of hydrogen-bond donors (Lipinski definition) is 1. The van der Waals surface area contributed by atoms with E-state index >= 15 is 0 Å². The Balaban J connectivity index is 2.20. The summed E-state index contributed by atoms with van der Waals surface area (Å²) in [5.41, 5.74) is -0.533. The van der Waals surface area contributed by atoms with E-state index in [2.05, 4.69) is 12.2 Å². The van der Waals surface area contributed by atoms with E-state index in [1.54, 1.807) is 0 Å². The fourth-order valence-electron chi connectivity index (χ4n) is 3.63. The van der Waals surface area contributed by atoms with Crippen LogP contribution in [0.1, 0.15) is 71.6 Å². The van der Waals surface area contributed by atoms with E-state index in [-0.39, 0.29) is 17.9 Å². The second-order valence-corrected chi connectivity index (χ2v) is 6.22. The molecule has 4 heteroatoms. The molecule has 1 saturated carbocycles. The Kier molecular flexibility index (Phi) is 5.06. The van der Waals surface area contributed by atoms with Crippen LogP contribution in [0.25, 0.3) is 0 Å². The Morgan fingerprint density at radius 2 is 1.85 bits per heavy atom. The van der Waals surface area contributed by atoms with Crippen molar-refractivity contribution in [1.29, 1.82) is 0 Å². The van der Waals surface area contributed by atoms with Crippen molar-refractivity contribution >= 4 is 11.8 Å². The Hall–Kier alpha value is -1.06. The first-order valence-electron chi connectivity index (χ1n) is 8.28. The van der Waals surface area contributed by atoms with Gasteiger partial charge in [-0.2, -0.15) is 0 Å². The van der Waals surface area contributed by atoms with Gasteiger partial charge in [0.25, 0.3) is 0 Å². The summed E-state index contributed by atoms with van der Waals surface area (Å²) >= 11 is 0. The molecule has 0 aromatic carbocycles. The Bertz CT molecular complexity index is 361. The number of amides is 2. The highest BCUT2D eigenvalue weighted by Crippen LogP contribution is 2.37. The van der Waals surface area contributed by atoms with Gasteiger partial charge in [-0.15, -0.1) is 0 Å². The summed E-state index contributed by atoms with van der Waals surface area (Å²) in [7, 11) is 0. The molecule has 0 aromatic rings. The van der Waals surface area contributed by atoms with Crippen LogP contribution in [0.15, 0.2) is 0 Å². The lowest BCUT2D eigenvalue weighted by molar-refractivity contribution is -0.160. The molecular weight excluding hydrogens is 252 g/mol. The fraction of sp³-hybridized carbons (Fsp3) is 0.875. The molecule has 1 saturated heterocycles. The molecular formula is C16H28N2O2. The molecule has 2 amide bonds. The second-order valence-electron chi connectivity index (χ2n) is 6.22. The molecule has 0 radical (unpaired) electrons. The molecule has 2 rings (SSSR count). The van der Waals surface area contributed by atoms with E-state index in [0.717, 1.165) is 51.5 Å². The Labute approximate surface area is 122 Å². The zero-order chi connectivity index (χ0) is 14.6. The minimum Gasteiger partial charge on any atom is -0.342 e. The van der Waals surface area contributed by atoms with E-state index < -0.39 is 5.54 Å². The summed E-state index contributed by atoms with van der Waals surface area (Å²) in [5, 5.41) is 2.97. The smallest absolute Gasteiger partial charge is 0.246 e. The highest BCUT2D eigenvalue weighted by Gasteiger charge is 2.51. The molecule has 0 aromatic heterocycles. The summed E-state index contributed by atoms with van der Waals surface area (Å²) in [4.78, 5) is 27.2. The van der Waals surface area contributed by atoms with Gasteiger partial charge in [-0.3, -0.25) is 9.59 Å². The van der Waals surface area contributed by atoms with E-state index in [1.165, 1.54) is 6.42 Å². The molecule has 20 heavy (non-hydrogen) atoms. The maximum atomic E-state index is 12.7. The number of nitrogens with one attached hydrogen (secondary N) is 1. The van der Waals surface area contributed by atoms with Crippen molar-refractivity contribution in [3.8, 4) is 0 Å². The van der Waals surface area contributed by atoms with Crippen LogP contribution in [0.4, 0.5) is 0 Å². The predicted octanol–water partition coefficient (Wildman–Crippen LogP) is 2.62. The van der Waals surface area contributed by atoms with Gasteiger partial charge in [-0.25, -0.2) is 0 Å². The van der Waals surface area contributed by atoms with E-state index in [4.69, 9.17) is 0 Å². The van der Waals surface area contributed by atoms with Gasteiger partial charge < -0.3 is 10.2 Å². The SMILES string of the molecule is CCCCCN1C(=O)C(CC)NC(=O)C12CCCCC2. The Morgan fingerprint density at radius 3 is 2.45 bits per heavy atom. The fourth-order valence-corrected chi connectivity index (χ4v) is 3.63. The van der Waals surface area contributed by atoms with Crippen molar-refractivity contribution in [2.45, 2.75) is 83.2 Å². The van der Waals surface area contributed by atoms with E-state index in [1.807, 2.05) is 11.8 Å². The lowest BCUT2D eigenvalue weighted by Gasteiger charge is -2.50. The monoisotopic (exact) mass is 280 g/mol. The summed E-state index contributed by atoms with van der Waals surface area (Å²) in [6, 6.07) is -0.309. The zero-order valence-corrected chi connectivity index (χ0v) is 12.9. The largest absolute Gasteiger partial charge is 0.342 e. The molecule has 1 N–H and O–H groups in total. The summed E-state index contributed by atoms with van der Waals surface area (Å²) in [6.07, 6.45) is 8.93. The lowest BCUT2D eigenvalue weighted by atomic mass is 9.77. The van der Waals surface area contributed by atoms with E-state index in [0.29, 0.717) is 6.42 Å². The van der Waals surface area contributed by atoms with Crippen molar-refractivity contribution in [1.82, 2.24) is 10.2 Å². The van der Waals surface area contributed by atoms with Crippen molar-refractivity contribution in [3.05, 3.63) is 0 Å². The van der Waals surface area contributed by atoms with Crippen LogP contribution in [0.3, 0.4) is 0 Å². The maximum Gasteiger partial charge on any atom is 0.246 e. The molecule has 1 unspecified atom stereocenters. The first kappa shape index (κ1) is 15.3. The van der Waals surface area contributed by atoms with Gasteiger partial charge in [-0.05, 0) is 25.7 Å². The average molecular weight is 280 g/mol. The van der Waals surface area contributed by atoms with Crippen LogP contribution in [-0.2, 0) is 9.59 Å². The zero-order valence-electron chi connectivity index (χ0n) is 12.9. The highest BCUT2D eigenvalue weighted by molar-refractivity contribution is 5.99. The van der Waals surface area contributed by atoms with Crippen molar-refractivity contribution in [2.24, 2.45) is 0 Å². The van der Waals surface area contributed by atoms with Crippen molar-refractivity contribution in [2.75, 3.05) is 6.54 Å². The van der Waals surface area contributed by atoms with Gasteiger partial charge in [0, 0.05) is 6.54 Å². The topological polar surface area (TPSA) is 49.4 Å². The molecule has 1 aliphatic carbocycles. The summed E-state index contributed by atoms with van der Waals surface area (Å²) < 4.78 is 0. The van der Waals surface area contributed by atoms with Gasteiger partial charge in [-0.1, -0.05) is 46.0 Å². The van der Waals surface area contributed by atoms with Crippen LogP contribution in [-0.4, -0.2) is 34.8 Å². The van der Waals surface area contributed by atoms with Crippen LogP contribution in [0.5, 0.6) is 0 Å². The molecule has 2 fully saturated rings. The third-order valence-electron chi connectivity index (χ3n) is 4.88. The molecule has 1 atom stereocenters. The minimum atomic E-state index is -0.533. The number of carbonyl (C=O) groups is 2. The van der Waals surface area contributed by atoms with Crippen LogP contribution >= 0.6 is 0 Å². The van der Waals surface area contributed by atoms with Gasteiger partial charge in [0.1, 0.15) is 11.6 Å². The third-order valence-corrected chi connectivity index (χ3v) is 4.88. The number of nitrogens with zero attached hydrogens (tertiary/aromatic N) is 1. The van der Waals surface area contributed by atoms with Gasteiger partial charge in [0.05, 0.1) is 0 Å². The highest BCUT2D eigenvalue weighted by atomic mass is 16.2. The average Bonchev–Trinajstić information content (AvgIpc) is 2.48. The molecule has 1 spiro atoms. The Morgan fingerprint density at radius 1 is 1.15 bits per heavy atom. The number of piperazine rings is 1. The molecule has 0 bridgehead atoms. The predicted molar refractivity (Wildman–Crippen MR) is 79.3 cm³/mol. The van der Waals surface area contributed by atoms with Crippen LogP contribution in [0, 0.1) is 0 Å². The van der Waals surface area contributed by atoms with Crippen molar-refractivity contribution < 1.29 is 9.59 Å². The lowest BCUT2D eigenvalue weighted by Crippen LogP contribution is -2.71. The number of unbranched alkanes of at least 4 members (excludes halogenated alkanes) is 2. The first-order valence-corrected chi connectivity index (χ1v) is 8.28. The quantitative estimate of drug-likeness (QED) is 0.787. The summed E-state index contributed by atoms with van der Waals surface area (Å²) in [6.45, 7) is 4.87. The normalized spacial score (nSPS) is 25.9.